The van der Waals surface area contributed by atoms with Crippen molar-refractivity contribution in [2.75, 3.05) is 12.8 Å². The first kappa shape index (κ1) is 11.4. The highest BCUT2D eigenvalue weighted by Crippen LogP contribution is 2.43. The monoisotopic (exact) mass is 345 g/mol. The minimum absolute atomic E-state index is 0.239. The molecule has 0 unspecified atom stereocenters. The van der Waals surface area contributed by atoms with Crippen LogP contribution in [0.1, 0.15) is 12.8 Å². The average molecular weight is 347 g/mol. The Morgan fingerprint density at radius 3 is 2.36 bits per heavy atom. The Bertz CT molecular complexity index is 332. The van der Waals surface area contributed by atoms with Gasteiger partial charge >= 0.3 is 0 Å². The van der Waals surface area contributed by atoms with Crippen LogP contribution in [0.4, 0.5) is 0 Å². The van der Waals surface area contributed by atoms with Gasteiger partial charge in [0.05, 0.1) is 6.26 Å². The Morgan fingerprint density at radius 2 is 1.79 bits per heavy atom. The smallest absolute Gasteiger partial charge is 0.211 e. The van der Waals surface area contributed by atoms with Gasteiger partial charge in [0.1, 0.15) is 0 Å². The number of fused-ring (bicyclic) bond motifs is 1. The highest BCUT2D eigenvalue weighted by atomic mass is 79.9. The topological polar surface area (TPSA) is 37.4 Å². The first-order valence-electron chi connectivity index (χ1n) is 4.64. The molecule has 0 radical (unpaired) electrons. The van der Waals surface area contributed by atoms with Crippen LogP contribution < -0.4 is 0 Å². The molecule has 0 aromatic heterocycles. The minimum Gasteiger partial charge on any atom is -0.212 e. The van der Waals surface area contributed by atoms with Crippen LogP contribution in [0.25, 0.3) is 0 Å². The number of alkyl halides is 2. The maximum absolute atomic E-state index is 11.4. The molecule has 0 bridgehead atoms. The van der Waals surface area contributed by atoms with Crippen molar-refractivity contribution < 1.29 is 8.42 Å². The first-order valence-corrected chi connectivity index (χ1v) is 8.32. The third-order valence-electron chi connectivity index (χ3n) is 3.14. The van der Waals surface area contributed by atoms with Gasteiger partial charge in [0.2, 0.25) is 10.0 Å². The van der Waals surface area contributed by atoms with Gasteiger partial charge in [-0.15, -0.1) is 0 Å². The van der Waals surface area contributed by atoms with Gasteiger partial charge in [-0.2, -0.15) is 4.31 Å². The molecule has 0 N–H and O–H groups in total. The number of hydrogen-bond acceptors (Lipinski definition) is 2. The van der Waals surface area contributed by atoms with Crippen molar-refractivity contribution in [3.8, 4) is 0 Å². The lowest BCUT2D eigenvalue weighted by Gasteiger charge is -2.51. The van der Waals surface area contributed by atoms with E-state index >= 15 is 0 Å². The Morgan fingerprint density at radius 1 is 1.21 bits per heavy atom. The van der Waals surface area contributed by atoms with E-state index in [0.717, 1.165) is 12.8 Å². The fraction of sp³-hybridized carbons (Fsp3) is 1.00. The van der Waals surface area contributed by atoms with E-state index in [1.165, 1.54) is 6.26 Å². The molecule has 1 heterocycles. The predicted octanol–water partition coefficient (Wildman–Crippen LogP) is 1.57. The average Bonchev–Trinajstić information content (AvgIpc) is 2.01. The third-order valence-corrected chi connectivity index (χ3v) is 7.15. The summed E-state index contributed by atoms with van der Waals surface area (Å²) in [6.45, 7) is 0.714. The SMILES string of the molecule is CS(=O)(=O)N1C[C@@H]2C[C@@H](Br)[C@@H](Br)C[C@@H]21. The molecule has 2 rings (SSSR count). The lowest BCUT2D eigenvalue weighted by molar-refractivity contribution is 0.0675. The van der Waals surface area contributed by atoms with Gasteiger partial charge in [0.15, 0.2) is 0 Å². The summed E-state index contributed by atoms with van der Waals surface area (Å²) in [6, 6.07) is 0.239. The third kappa shape index (κ3) is 1.90. The summed E-state index contributed by atoms with van der Waals surface area (Å²) < 4.78 is 24.3. The van der Waals surface area contributed by atoms with E-state index in [1.807, 2.05) is 0 Å². The lowest BCUT2D eigenvalue weighted by Crippen LogP contribution is -2.62. The Kier molecular flexibility index (Phi) is 3.01. The summed E-state index contributed by atoms with van der Waals surface area (Å²) in [5, 5.41) is 0. The number of rotatable bonds is 1. The zero-order valence-electron chi connectivity index (χ0n) is 7.86. The molecule has 2 aliphatic rings. The van der Waals surface area contributed by atoms with Crippen LogP contribution in [-0.4, -0.2) is 41.2 Å². The van der Waals surface area contributed by atoms with E-state index in [9.17, 15) is 8.42 Å². The van der Waals surface area contributed by atoms with Crippen molar-refractivity contribution in [1.82, 2.24) is 4.31 Å². The number of nitrogens with zero attached hydrogens (tertiary/aromatic N) is 1. The van der Waals surface area contributed by atoms with Gasteiger partial charge in [0.25, 0.3) is 0 Å². The minimum atomic E-state index is -2.98. The van der Waals surface area contributed by atoms with Crippen LogP contribution in [0.5, 0.6) is 0 Å². The summed E-state index contributed by atoms with van der Waals surface area (Å²) in [4.78, 5) is 0.888. The molecule has 3 nitrogen and oxygen atoms in total. The van der Waals surface area contributed by atoms with Gasteiger partial charge in [-0.3, -0.25) is 0 Å². The van der Waals surface area contributed by atoms with E-state index in [4.69, 9.17) is 0 Å². The summed E-state index contributed by atoms with van der Waals surface area (Å²) in [5.74, 6) is 0.558. The van der Waals surface area contributed by atoms with Gasteiger partial charge in [-0.05, 0) is 18.8 Å². The molecule has 0 aromatic rings. The molecule has 1 aliphatic carbocycles. The van der Waals surface area contributed by atoms with Crippen LogP contribution in [0.3, 0.4) is 0 Å². The molecule has 6 heteroatoms. The summed E-state index contributed by atoms with van der Waals surface area (Å²) in [5.41, 5.74) is 0. The van der Waals surface area contributed by atoms with Crippen LogP contribution in [0, 0.1) is 5.92 Å². The molecule has 1 saturated carbocycles. The standard InChI is InChI=1S/C8H13Br2NO2S/c1-14(12,13)11-4-5-2-6(9)7(10)3-8(5)11/h5-8H,2-4H2,1H3/t5-,6+,7-,8-/m0/s1. The van der Waals surface area contributed by atoms with Gasteiger partial charge < -0.3 is 0 Å². The Labute approximate surface area is 102 Å². The summed E-state index contributed by atoms with van der Waals surface area (Å²) in [6.07, 6.45) is 3.30. The van der Waals surface area contributed by atoms with Crippen molar-refractivity contribution >= 4 is 41.9 Å². The molecule has 2 fully saturated rings. The molecule has 0 spiro atoms. The molecule has 1 aliphatic heterocycles. The molecular weight excluding hydrogens is 334 g/mol. The second kappa shape index (κ2) is 3.71. The van der Waals surface area contributed by atoms with E-state index in [2.05, 4.69) is 31.9 Å². The molecule has 14 heavy (non-hydrogen) atoms. The van der Waals surface area contributed by atoms with Crippen LogP contribution in [0.15, 0.2) is 0 Å². The molecule has 0 aromatic carbocycles. The second-order valence-electron chi connectivity index (χ2n) is 4.16. The fourth-order valence-electron chi connectivity index (χ4n) is 2.32. The fourth-order valence-corrected chi connectivity index (χ4v) is 4.83. The van der Waals surface area contributed by atoms with Crippen molar-refractivity contribution in [2.45, 2.75) is 28.5 Å². The van der Waals surface area contributed by atoms with Crippen molar-refractivity contribution in [3.63, 3.8) is 0 Å². The van der Waals surface area contributed by atoms with E-state index in [1.54, 1.807) is 4.31 Å². The van der Waals surface area contributed by atoms with Gasteiger partial charge in [-0.1, -0.05) is 31.9 Å². The molecule has 1 saturated heterocycles. The van der Waals surface area contributed by atoms with Crippen molar-refractivity contribution in [2.24, 2.45) is 5.92 Å². The zero-order chi connectivity index (χ0) is 10.5. The Hall–Kier alpha value is 0.870. The number of hydrogen-bond donors (Lipinski definition) is 0. The highest BCUT2D eigenvalue weighted by Gasteiger charge is 2.48. The highest BCUT2D eigenvalue weighted by molar-refractivity contribution is 9.12. The predicted molar refractivity (Wildman–Crippen MR) is 63.5 cm³/mol. The van der Waals surface area contributed by atoms with Gasteiger partial charge in [-0.25, -0.2) is 8.42 Å². The summed E-state index contributed by atoms with van der Waals surface area (Å²) >= 11 is 7.19. The van der Waals surface area contributed by atoms with E-state index in [-0.39, 0.29) is 6.04 Å². The normalized spacial score (nSPS) is 44.2. The molecule has 0 amide bonds. The molecule has 82 valence electrons. The Balaban J connectivity index is 2.07. The summed E-state index contributed by atoms with van der Waals surface area (Å²) in [7, 11) is -2.98. The molecular formula is C8H13Br2NO2S. The van der Waals surface area contributed by atoms with Crippen LogP contribution in [-0.2, 0) is 10.0 Å². The van der Waals surface area contributed by atoms with E-state index in [0.29, 0.717) is 22.1 Å². The van der Waals surface area contributed by atoms with Gasteiger partial charge in [0, 0.05) is 22.2 Å². The number of halogens is 2. The maximum Gasteiger partial charge on any atom is 0.211 e. The van der Waals surface area contributed by atoms with Crippen molar-refractivity contribution in [1.29, 1.82) is 0 Å². The van der Waals surface area contributed by atoms with Crippen molar-refractivity contribution in [3.05, 3.63) is 0 Å². The maximum atomic E-state index is 11.4. The largest absolute Gasteiger partial charge is 0.212 e. The lowest BCUT2D eigenvalue weighted by atomic mass is 9.79. The van der Waals surface area contributed by atoms with Crippen LogP contribution >= 0.6 is 31.9 Å². The number of sulfonamides is 1. The second-order valence-corrected chi connectivity index (χ2v) is 8.45. The quantitative estimate of drug-likeness (QED) is 0.676. The van der Waals surface area contributed by atoms with E-state index < -0.39 is 10.0 Å². The molecule has 4 atom stereocenters. The zero-order valence-corrected chi connectivity index (χ0v) is 11.8. The first-order chi connectivity index (χ1) is 6.39. The van der Waals surface area contributed by atoms with Crippen LogP contribution in [0.2, 0.25) is 0 Å².